The maximum Gasteiger partial charge on any atom is 0.410 e. The molecule has 5 nitrogen and oxygen atoms in total. The summed E-state index contributed by atoms with van der Waals surface area (Å²) < 4.78 is 5.42. The molecule has 2 N–H and O–H groups in total. The van der Waals surface area contributed by atoms with Gasteiger partial charge in [-0.15, -0.1) is 0 Å². The van der Waals surface area contributed by atoms with Gasteiger partial charge < -0.3 is 15.4 Å². The van der Waals surface area contributed by atoms with E-state index in [-0.39, 0.29) is 6.09 Å². The van der Waals surface area contributed by atoms with Crippen molar-refractivity contribution < 1.29 is 9.53 Å². The van der Waals surface area contributed by atoms with Gasteiger partial charge >= 0.3 is 6.09 Å². The highest BCUT2D eigenvalue weighted by molar-refractivity contribution is 6.33. The molecule has 6 heteroatoms. The Hall–Kier alpha value is -2.27. The SMILES string of the molecule is CC(C)(C)OC(=O)N1CC=C(c2cc3cc(N)ncc3cc2Cl)CC1. The first kappa shape index (κ1) is 17.5. The molecule has 0 spiro atoms. The third kappa shape index (κ3) is 4.04. The lowest BCUT2D eigenvalue weighted by molar-refractivity contribution is 0.0270. The van der Waals surface area contributed by atoms with Crippen LogP contribution in [0.4, 0.5) is 10.6 Å². The van der Waals surface area contributed by atoms with E-state index in [9.17, 15) is 4.79 Å². The highest BCUT2D eigenvalue weighted by atomic mass is 35.5. The van der Waals surface area contributed by atoms with Crippen LogP contribution < -0.4 is 5.73 Å². The molecule has 2 aromatic rings. The van der Waals surface area contributed by atoms with Crippen LogP contribution in [0.1, 0.15) is 32.8 Å². The summed E-state index contributed by atoms with van der Waals surface area (Å²) in [6.07, 6.45) is 4.20. The summed E-state index contributed by atoms with van der Waals surface area (Å²) in [5.41, 5.74) is 7.39. The largest absolute Gasteiger partial charge is 0.444 e. The van der Waals surface area contributed by atoms with Crippen LogP contribution in [-0.2, 0) is 4.74 Å². The van der Waals surface area contributed by atoms with Crippen LogP contribution in [0.25, 0.3) is 16.3 Å². The lowest BCUT2D eigenvalue weighted by atomic mass is 9.97. The number of rotatable bonds is 1. The third-order valence-corrected chi connectivity index (χ3v) is 4.35. The van der Waals surface area contributed by atoms with Gasteiger partial charge in [0.05, 0.1) is 0 Å². The normalized spacial score (nSPS) is 15.2. The summed E-state index contributed by atoms with van der Waals surface area (Å²) in [6.45, 7) is 6.72. The Morgan fingerprint density at radius 1 is 1.28 bits per heavy atom. The Morgan fingerprint density at radius 3 is 2.68 bits per heavy atom. The Kier molecular flexibility index (Phi) is 4.60. The number of pyridine rings is 1. The molecule has 0 atom stereocenters. The van der Waals surface area contributed by atoms with E-state index in [0.29, 0.717) is 23.9 Å². The highest BCUT2D eigenvalue weighted by Gasteiger charge is 2.24. The summed E-state index contributed by atoms with van der Waals surface area (Å²) in [5.74, 6) is 0.481. The molecule has 0 fully saturated rings. The number of carbonyl (C=O) groups excluding carboxylic acids is 1. The molecule has 0 aliphatic carbocycles. The van der Waals surface area contributed by atoms with Gasteiger partial charge in [0, 0.05) is 29.7 Å². The number of carbonyl (C=O) groups is 1. The van der Waals surface area contributed by atoms with Gasteiger partial charge in [-0.2, -0.15) is 0 Å². The maximum atomic E-state index is 12.2. The summed E-state index contributed by atoms with van der Waals surface area (Å²) in [5, 5.41) is 2.63. The van der Waals surface area contributed by atoms with Crippen molar-refractivity contribution >= 4 is 39.9 Å². The van der Waals surface area contributed by atoms with Gasteiger partial charge in [0.2, 0.25) is 0 Å². The lowest BCUT2D eigenvalue weighted by Crippen LogP contribution is -2.39. The van der Waals surface area contributed by atoms with Crippen molar-refractivity contribution in [2.24, 2.45) is 0 Å². The number of hydrogen-bond acceptors (Lipinski definition) is 4. The van der Waals surface area contributed by atoms with Gasteiger partial charge in [0.25, 0.3) is 0 Å². The van der Waals surface area contributed by atoms with E-state index in [1.54, 1.807) is 11.1 Å². The summed E-state index contributed by atoms with van der Waals surface area (Å²) in [4.78, 5) is 18.0. The topological polar surface area (TPSA) is 68.5 Å². The maximum absolute atomic E-state index is 12.2. The monoisotopic (exact) mass is 359 g/mol. The van der Waals surface area contributed by atoms with Crippen molar-refractivity contribution in [3.63, 3.8) is 0 Å². The zero-order valence-corrected chi connectivity index (χ0v) is 15.4. The molecule has 132 valence electrons. The first-order valence-corrected chi connectivity index (χ1v) is 8.63. The standard InChI is InChI=1S/C19H22ClN3O2/c1-19(2,3)25-18(24)23-6-4-12(5-7-23)15-8-13-10-17(21)22-11-14(13)9-16(15)20/h4,8-11H,5-7H2,1-3H3,(H2,21,22). The second-order valence-corrected chi connectivity index (χ2v) is 7.60. The van der Waals surface area contributed by atoms with Gasteiger partial charge in [-0.1, -0.05) is 17.7 Å². The smallest absolute Gasteiger partial charge is 0.410 e. The Morgan fingerprint density at radius 2 is 2.04 bits per heavy atom. The quantitative estimate of drug-likeness (QED) is 0.814. The number of nitrogens with two attached hydrogens (primary N) is 1. The van der Waals surface area contributed by atoms with E-state index in [4.69, 9.17) is 22.1 Å². The van der Waals surface area contributed by atoms with Crippen LogP contribution in [0.3, 0.4) is 0 Å². The van der Waals surface area contributed by atoms with Crippen molar-refractivity contribution in [1.82, 2.24) is 9.88 Å². The predicted octanol–water partition coefficient (Wildman–Crippen LogP) is 4.49. The molecule has 1 aromatic carbocycles. The van der Waals surface area contributed by atoms with Crippen molar-refractivity contribution in [2.75, 3.05) is 18.8 Å². The molecule has 1 aliphatic rings. The molecule has 25 heavy (non-hydrogen) atoms. The fourth-order valence-corrected chi connectivity index (χ4v) is 3.13. The zero-order chi connectivity index (χ0) is 18.2. The van der Waals surface area contributed by atoms with E-state index < -0.39 is 5.60 Å². The van der Waals surface area contributed by atoms with Crippen LogP contribution in [0.5, 0.6) is 0 Å². The first-order chi connectivity index (χ1) is 11.7. The van der Waals surface area contributed by atoms with Crippen molar-refractivity contribution in [1.29, 1.82) is 0 Å². The number of hydrogen-bond donors (Lipinski definition) is 1. The predicted molar refractivity (Wildman–Crippen MR) is 102 cm³/mol. The Labute approximate surface area is 152 Å². The lowest BCUT2D eigenvalue weighted by Gasteiger charge is -2.29. The second-order valence-electron chi connectivity index (χ2n) is 7.19. The molecule has 3 rings (SSSR count). The van der Waals surface area contributed by atoms with Gasteiger partial charge in [-0.05, 0) is 61.9 Å². The number of amides is 1. The molecule has 1 aliphatic heterocycles. The average Bonchev–Trinajstić information content (AvgIpc) is 2.53. The summed E-state index contributed by atoms with van der Waals surface area (Å²) in [7, 11) is 0. The number of benzene rings is 1. The van der Waals surface area contributed by atoms with Crippen molar-refractivity contribution in [3.8, 4) is 0 Å². The number of aromatic nitrogens is 1. The number of halogens is 1. The second kappa shape index (κ2) is 6.56. The Balaban J connectivity index is 1.83. The van der Waals surface area contributed by atoms with Crippen LogP contribution in [0.2, 0.25) is 5.02 Å². The van der Waals surface area contributed by atoms with Crippen LogP contribution in [0, 0.1) is 0 Å². The first-order valence-electron chi connectivity index (χ1n) is 8.25. The molecular weight excluding hydrogens is 338 g/mol. The molecule has 1 amide bonds. The molecule has 0 saturated carbocycles. The van der Waals surface area contributed by atoms with Crippen LogP contribution in [0.15, 0.2) is 30.5 Å². The minimum atomic E-state index is -0.489. The van der Waals surface area contributed by atoms with Crippen molar-refractivity contribution in [2.45, 2.75) is 32.8 Å². The van der Waals surface area contributed by atoms with E-state index in [1.165, 1.54) is 0 Å². The van der Waals surface area contributed by atoms with Crippen LogP contribution in [-0.4, -0.2) is 34.7 Å². The van der Waals surface area contributed by atoms with Gasteiger partial charge in [0.1, 0.15) is 11.4 Å². The molecule has 1 aromatic heterocycles. The molecule has 2 heterocycles. The van der Waals surface area contributed by atoms with Gasteiger partial charge in [-0.25, -0.2) is 9.78 Å². The minimum absolute atomic E-state index is 0.286. The molecular formula is C19H22ClN3O2. The minimum Gasteiger partial charge on any atom is -0.444 e. The number of fused-ring (bicyclic) bond motifs is 1. The molecule has 0 saturated heterocycles. The fraction of sp³-hybridized carbons (Fsp3) is 0.368. The number of nitrogen functional groups attached to an aromatic ring is 1. The number of nitrogens with zero attached hydrogens (tertiary/aromatic N) is 2. The highest BCUT2D eigenvalue weighted by Crippen LogP contribution is 2.32. The van der Waals surface area contributed by atoms with E-state index in [1.807, 2.05) is 45.0 Å². The number of ether oxygens (including phenoxy) is 1. The van der Waals surface area contributed by atoms with E-state index in [0.717, 1.165) is 28.3 Å². The third-order valence-electron chi connectivity index (χ3n) is 4.04. The average molecular weight is 360 g/mol. The van der Waals surface area contributed by atoms with Gasteiger partial charge in [0.15, 0.2) is 0 Å². The molecule has 0 radical (unpaired) electrons. The molecule has 0 unspecified atom stereocenters. The van der Waals surface area contributed by atoms with Crippen LogP contribution >= 0.6 is 11.6 Å². The van der Waals surface area contributed by atoms with E-state index in [2.05, 4.69) is 4.98 Å². The Bertz CT molecular complexity index is 856. The van der Waals surface area contributed by atoms with Crippen molar-refractivity contribution in [3.05, 3.63) is 41.1 Å². The summed E-state index contributed by atoms with van der Waals surface area (Å²) in [6, 6.07) is 5.77. The zero-order valence-electron chi connectivity index (χ0n) is 14.7. The fourth-order valence-electron chi connectivity index (χ4n) is 2.84. The summed E-state index contributed by atoms with van der Waals surface area (Å²) >= 11 is 6.46. The van der Waals surface area contributed by atoms with E-state index >= 15 is 0 Å². The number of anilines is 1. The van der Waals surface area contributed by atoms with Gasteiger partial charge in [-0.3, -0.25) is 0 Å². The molecule has 0 bridgehead atoms.